The van der Waals surface area contributed by atoms with Gasteiger partial charge in [-0.25, -0.2) is 4.98 Å². The number of rotatable bonds is 3. The Kier molecular flexibility index (Phi) is 5.22. The van der Waals surface area contributed by atoms with Crippen molar-refractivity contribution in [2.24, 2.45) is 0 Å². The highest BCUT2D eigenvalue weighted by Gasteiger charge is 2.15. The second-order valence-corrected chi connectivity index (χ2v) is 7.03. The molecule has 0 bridgehead atoms. The van der Waals surface area contributed by atoms with Crippen molar-refractivity contribution >= 4 is 22.7 Å². The third-order valence-electron chi connectivity index (χ3n) is 4.77. The number of carbonyl (C=O) groups excluding carboxylic acids is 2. The Bertz CT molecular complexity index is 1230. The molecule has 0 aliphatic rings. The van der Waals surface area contributed by atoms with Gasteiger partial charge in [-0.1, -0.05) is 48.0 Å². The minimum Gasteiger partial charge on any atom is -0.267 e. The van der Waals surface area contributed by atoms with Crippen molar-refractivity contribution in [3.8, 4) is 11.3 Å². The molecule has 0 saturated carbocycles. The van der Waals surface area contributed by atoms with E-state index in [-0.39, 0.29) is 0 Å². The van der Waals surface area contributed by atoms with Crippen LogP contribution in [-0.2, 0) is 0 Å². The zero-order chi connectivity index (χ0) is 21.1. The number of hydrogen-bond acceptors (Lipinski definition) is 4. The highest BCUT2D eigenvalue weighted by atomic mass is 16.2. The van der Waals surface area contributed by atoms with Gasteiger partial charge in [0.1, 0.15) is 0 Å². The molecule has 0 aliphatic heterocycles. The van der Waals surface area contributed by atoms with Crippen molar-refractivity contribution < 1.29 is 9.59 Å². The van der Waals surface area contributed by atoms with E-state index in [0.717, 1.165) is 16.8 Å². The van der Waals surface area contributed by atoms with Crippen molar-refractivity contribution in [3.05, 3.63) is 95.3 Å². The van der Waals surface area contributed by atoms with Crippen LogP contribution in [-0.4, -0.2) is 21.8 Å². The van der Waals surface area contributed by atoms with Crippen molar-refractivity contribution in [2.45, 2.75) is 13.8 Å². The van der Waals surface area contributed by atoms with Gasteiger partial charge in [0, 0.05) is 22.8 Å². The largest absolute Gasteiger partial charge is 0.271 e. The third kappa shape index (κ3) is 4.03. The topological polar surface area (TPSA) is 84.0 Å². The van der Waals surface area contributed by atoms with E-state index >= 15 is 0 Å². The first kappa shape index (κ1) is 19.3. The lowest BCUT2D eigenvalue weighted by molar-refractivity contribution is 0.0847. The summed E-state index contributed by atoms with van der Waals surface area (Å²) in [6.07, 6.45) is 1.47. The summed E-state index contributed by atoms with van der Waals surface area (Å²) in [5.41, 5.74) is 9.99. The van der Waals surface area contributed by atoms with Gasteiger partial charge in [0.05, 0.1) is 22.3 Å². The van der Waals surface area contributed by atoms with Crippen molar-refractivity contribution in [2.75, 3.05) is 0 Å². The summed E-state index contributed by atoms with van der Waals surface area (Å²) in [5.74, 6) is -0.858. The van der Waals surface area contributed by atoms with Gasteiger partial charge in [-0.2, -0.15) is 0 Å². The highest BCUT2D eigenvalue weighted by Crippen LogP contribution is 2.25. The van der Waals surface area contributed by atoms with Crippen LogP contribution < -0.4 is 10.9 Å². The van der Waals surface area contributed by atoms with E-state index < -0.39 is 11.8 Å². The summed E-state index contributed by atoms with van der Waals surface area (Å²) < 4.78 is 0. The van der Waals surface area contributed by atoms with Gasteiger partial charge in [-0.05, 0) is 38.1 Å². The Morgan fingerprint density at radius 1 is 0.833 bits per heavy atom. The van der Waals surface area contributed by atoms with Gasteiger partial charge in [-0.3, -0.25) is 25.4 Å². The van der Waals surface area contributed by atoms with Crippen LogP contribution in [0.1, 0.15) is 32.0 Å². The molecule has 2 amide bonds. The maximum atomic E-state index is 12.9. The Morgan fingerprint density at radius 3 is 2.30 bits per heavy atom. The predicted octanol–water partition coefficient (Wildman–Crippen LogP) is 3.99. The van der Waals surface area contributed by atoms with Crippen LogP contribution in [0.4, 0.5) is 0 Å². The molecule has 6 heteroatoms. The quantitative estimate of drug-likeness (QED) is 0.513. The minimum atomic E-state index is -0.437. The van der Waals surface area contributed by atoms with E-state index in [2.05, 4.69) is 15.8 Å². The fourth-order valence-corrected chi connectivity index (χ4v) is 3.09. The Labute approximate surface area is 174 Å². The molecule has 0 unspecified atom stereocenters. The summed E-state index contributed by atoms with van der Waals surface area (Å²) in [6, 6.07) is 20.5. The van der Waals surface area contributed by atoms with E-state index in [4.69, 9.17) is 4.98 Å². The molecule has 0 saturated heterocycles. The van der Waals surface area contributed by atoms with Crippen LogP contribution >= 0.6 is 0 Å². The van der Waals surface area contributed by atoms with Crippen LogP contribution in [0.15, 0.2) is 72.9 Å². The Balaban J connectivity index is 1.63. The number of fused-ring (bicyclic) bond motifs is 1. The van der Waals surface area contributed by atoms with Crippen molar-refractivity contribution in [1.82, 2.24) is 20.8 Å². The number of aryl methyl sites for hydroxylation is 2. The number of benzene rings is 2. The molecule has 0 fully saturated rings. The van der Waals surface area contributed by atoms with Gasteiger partial charge in [0.15, 0.2) is 0 Å². The van der Waals surface area contributed by atoms with E-state index in [1.165, 1.54) is 6.20 Å². The molecule has 2 aromatic heterocycles. The molecule has 148 valence electrons. The second kappa shape index (κ2) is 8.13. The van der Waals surface area contributed by atoms with Crippen LogP contribution in [0, 0.1) is 13.8 Å². The first-order valence-corrected chi connectivity index (χ1v) is 9.51. The first-order valence-electron chi connectivity index (χ1n) is 9.51. The first-order chi connectivity index (χ1) is 14.5. The number of nitrogens with one attached hydrogen (secondary N) is 2. The molecule has 0 atom stereocenters. The standard InChI is InChI=1S/C24H20N4O2/c1-15-7-10-17(11-8-15)22-13-20(19-5-3-4-6-21(19)26-22)24(30)28-27-23(29)18-12-9-16(2)25-14-18/h3-14H,1-2H3,(H,27,29)(H,28,30). The fourth-order valence-electron chi connectivity index (χ4n) is 3.09. The average Bonchev–Trinajstić information content (AvgIpc) is 2.77. The van der Waals surface area contributed by atoms with Gasteiger partial charge in [0.2, 0.25) is 0 Å². The number of nitrogens with zero attached hydrogens (tertiary/aromatic N) is 2. The van der Waals surface area contributed by atoms with E-state index in [1.807, 2.05) is 62.4 Å². The zero-order valence-electron chi connectivity index (χ0n) is 16.6. The summed E-state index contributed by atoms with van der Waals surface area (Å²) in [7, 11) is 0. The number of amides is 2. The summed E-state index contributed by atoms with van der Waals surface area (Å²) in [5, 5.41) is 0.706. The third-order valence-corrected chi connectivity index (χ3v) is 4.77. The van der Waals surface area contributed by atoms with Gasteiger partial charge >= 0.3 is 0 Å². The van der Waals surface area contributed by atoms with Gasteiger partial charge in [-0.15, -0.1) is 0 Å². The SMILES string of the molecule is Cc1ccc(-c2cc(C(=O)NNC(=O)c3ccc(C)nc3)c3ccccc3n2)cc1. The lowest BCUT2D eigenvalue weighted by atomic mass is 10.0. The summed E-state index contributed by atoms with van der Waals surface area (Å²) >= 11 is 0. The maximum Gasteiger partial charge on any atom is 0.271 e. The highest BCUT2D eigenvalue weighted by molar-refractivity contribution is 6.08. The molecule has 2 N–H and O–H groups in total. The summed E-state index contributed by atoms with van der Waals surface area (Å²) in [4.78, 5) is 34.0. The maximum absolute atomic E-state index is 12.9. The normalized spacial score (nSPS) is 10.6. The predicted molar refractivity (Wildman–Crippen MR) is 116 cm³/mol. The van der Waals surface area contributed by atoms with Crippen LogP contribution in [0.5, 0.6) is 0 Å². The molecule has 6 nitrogen and oxygen atoms in total. The molecule has 4 aromatic rings. The Hall–Kier alpha value is -4.06. The van der Waals surface area contributed by atoms with E-state index in [0.29, 0.717) is 27.7 Å². The van der Waals surface area contributed by atoms with Gasteiger partial charge in [0.25, 0.3) is 11.8 Å². The van der Waals surface area contributed by atoms with Crippen molar-refractivity contribution in [3.63, 3.8) is 0 Å². The number of hydrogen-bond donors (Lipinski definition) is 2. The number of para-hydroxylation sites is 1. The fraction of sp³-hybridized carbons (Fsp3) is 0.0833. The zero-order valence-corrected chi connectivity index (χ0v) is 16.6. The number of aromatic nitrogens is 2. The van der Waals surface area contributed by atoms with Crippen LogP contribution in [0.25, 0.3) is 22.2 Å². The molecular formula is C24H20N4O2. The molecular weight excluding hydrogens is 376 g/mol. The monoisotopic (exact) mass is 396 g/mol. The van der Waals surface area contributed by atoms with E-state index in [9.17, 15) is 9.59 Å². The van der Waals surface area contributed by atoms with E-state index in [1.54, 1.807) is 18.2 Å². The lowest BCUT2D eigenvalue weighted by Crippen LogP contribution is -2.41. The lowest BCUT2D eigenvalue weighted by Gasteiger charge is -2.11. The molecule has 4 rings (SSSR count). The van der Waals surface area contributed by atoms with Crippen molar-refractivity contribution in [1.29, 1.82) is 0 Å². The molecule has 2 heterocycles. The van der Waals surface area contributed by atoms with Crippen LogP contribution in [0.2, 0.25) is 0 Å². The summed E-state index contributed by atoms with van der Waals surface area (Å²) in [6.45, 7) is 3.85. The smallest absolute Gasteiger partial charge is 0.267 e. The van der Waals surface area contributed by atoms with Crippen LogP contribution in [0.3, 0.4) is 0 Å². The molecule has 0 aliphatic carbocycles. The molecule has 0 radical (unpaired) electrons. The van der Waals surface area contributed by atoms with Gasteiger partial charge < -0.3 is 0 Å². The number of pyridine rings is 2. The number of carbonyl (C=O) groups is 2. The molecule has 0 spiro atoms. The number of hydrazine groups is 1. The minimum absolute atomic E-state index is 0.362. The average molecular weight is 396 g/mol. The Morgan fingerprint density at radius 2 is 1.57 bits per heavy atom. The second-order valence-electron chi connectivity index (χ2n) is 7.03. The molecule has 30 heavy (non-hydrogen) atoms. The molecule has 2 aromatic carbocycles.